The van der Waals surface area contributed by atoms with Crippen LogP contribution in [0.15, 0.2) is 11.6 Å². The molecule has 16 heavy (non-hydrogen) atoms. The van der Waals surface area contributed by atoms with Crippen LogP contribution in [0.2, 0.25) is 0 Å². The van der Waals surface area contributed by atoms with Crippen molar-refractivity contribution in [2.45, 2.75) is 38.6 Å². The summed E-state index contributed by atoms with van der Waals surface area (Å²) < 4.78 is 4.75. The van der Waals surface area contributed by atoms with Gasteiger partial charge in [-0.3, -0.25) is 4.90 Å². The summed E-state index contributed by atoms with van der Waals surface area (Å²) in [6.45, 7) is 4.14. The Morgan fingerprint density at radius 2 is 2.31 bits per heavy atom. The summed E-state index contributed by atoms with van der Waals surface area (Å²) in [6.07, 6.45) is 6.93. The lowest BCUT2D eigenvalue weighted by molar-refractivity contribution is -0.136. The van der Waals surface area contributed by atoms with Gasteiger partial charge in [0.1, 0.15) is 0 Å². The van der Waals surface area contributed by atoms with Crippen LogP contribution in [0, 0.1) is 5.92 Å². The van der Waals surface area contributed by atoms with Gasteiger partial charge >= 0.3 is 5.97 Å². The number of esters is 1. The Morgan fingerprint density at radius 1 is 1.50 bits per heavy atom. The molecule has 2 fully saturated rings. The van der Waals surface area contributed by atoms with Crippen LogP contribution in [0.25, 0.3) is 0 Å². The van der Waals surface area contributed by atoms with Crippen LogP contribution < -0.4 is 0 Å². The number of piperidine rings is 1. The average molecular weight is 223 g/mol. The third-order valence-electron chi connectivity index (χ3n) is 3.92. The number of rotatable bonds is 4. The Kier molecular flexibility index (Phi) is 3.64. The van der Waals surface area contributed by atoms with E-state index < -0.39 is 0 Å². The maximum absolute atomic E-state index is 11.4. The van der Waals surface area contributed by atoms with E-state index in [9.17, 15) is 4.79 Å². The fourth-order valence-electron chi connectivity index (χ4n) is 2.98. The highest BCUT2D eigenvalue weighted by molar-refractivity contribution is 5.88. The number of carbonyl (C=O) groups excluding carboxylic acids is 1. The fraction of sp³-hybridized carbons (Fsp3) is 0.769. The molecule has 1 aliphatic heterocycles. The normalized spacial score (nSPS) is 29.8. The number of methoxy groups -OCH3 is 1. The maximum atomic E-state index is 11.4. The van der Waals surface area contributed by atoms with Crippen LogP contribution in [0.5, 0.6) is 0 Å². The summed E-state index contributed by atoms with van der Waals surface area (Å²) in [5.74, 6) is 0.744. The van der Waals surface area contributed by atoms with Gasteiger partial charge < -0.3 is 4.74 Å². The molecule has 0 N–H and O–H groups in total. The first kappa shape index (κ1) is 11.6. The van der Waals surface area contributed by atoms with Crippen molar-refractivity contribution >= 4 is 5.97 Å². The summed E-state index contributed by atoms with van der Waals surface area (Å²) in [6, 6.07) is 0.775. The van der Waals surface area contributed by atoms with Gasteiger partial charge in [0.05, 0.1) is 7.11 Å². The van der Waals surface area contributed by atoms with Crippen molar-refractivity contribution < 1.29 is 9.53 Å². The van der Waals surface area contributed by atoms with Crippen molar-refractivity contribution in [3.05, 3.63) is 11.6 Å². The predicted molar refractivity (Wildman–Crippen MR) is 63.1 cm³/mol. The van der Waals surface area contributed by atoms with Crippen LogP contribution in [0.4, 0.5) is 0 Å². The second kappa shape index (κ2) is 5.00. The van der Waals surface area contributed by atoms with Crippen molar-refractivity contribution in [2.24, 2.45) is 5.92 Å². The highest BCUT2D eigenvalue weighted by Gasteiger charge is 2.36. The number of nitrogens with zero attached hydrogens (tertiary/aromatic N) is 1. The van der Waals surface area contributed by atoms with Gasteiger partial charge in [-0.05, 0) is 31.6 Å². The van der Waals surface area contributed by atoms with E-state index in [1.54, 1.807) is 0 Å². The van der Waals surface area contributed by atoms with Crippen molar-refractivity contribution in [1.82, 2.24) is 4.90 Å². The molecule has 3 heteroatoms. The molecule has 1 saturated heterocycles. The molecule has 2 atom stereocenters. The first-order chi connectivity index (χ1) is 7.74. The van der Waals surface area contributed by atoms with Gasteiger partial charge in [-0.1, -0.05) is 13.0 Å². The maximum Gasteiger partial charge on any atom is 0.333 e. The van der Waals surface area contributed by atoms with E-state index in [2.05, 4.69) is 4.90 Å². The Morgan fingerprint density at radius 3 is 2.81 bits per heavy atom. The molecule has 0 amide bonds. The Bertz CT molecular complexity index is 298. The molecule has 1 aliphatic carbocycles. The molecule has 0 aromatic rings. The molecule has 2 bridgehead atoms. The minimum atomic E-state index is -0.174. The van der Waals surface area contributed by atoms with Crippen molar-refractivity contribution in [1.29, 1.82) is 0 Å². The van der Waals surface area contributed by atoms with E-state index in [-0.39, 0.29) is 5.97 Å². The highest BCUT2D eigenvalue weighted by atomic mass is 16.5. The van der Waals surface area contributed by atoms with Crippen LogP contribution >= 0.6 is 0 Å². The van der Waals surface area contributed by atoms with Crippen LogP contribution in [-0.4, -0.2) is 37.1 Å². The summed E-state index contributed by atoms with van der Waals surface area (Å²) in [7, 11) is 1.45. The standard InChI is InChI=1S/C13H21NO2/c1-3-11(13(15)16-2)6-7-14-9-10-4-5-12(14)8-10/h6,10,12H,3-5,7-9H2,1-2H3. The molecule has 0 aromatic carbocycles. The van der Waals surface area contributed by atoms with Crippen molar-refractivity contribution in [3.63, 3.8) is 0 Å². The quantitative estimate of drug-likeness (QED) is 0.539. The third-order valence-corrected chi connectivity index (χ3v) is 3.92. The van der Waals surface area contributed by atoms with Crippen LogP contribution in [0.3, 0.4) is 0 Å². The second-order valence-corrected chi connectivity index (χ2v) is 4.86. The summed E-state index contributed by atoms with van der Waals surface area (Å²) >= 11 is 0. The fourth-order valence-corrected chi connectivity index (χ4v) is 2.98. The lowest BCUT2D eigenvalue weighted by atomic mass is 10.1. The molecule has 3 nitrogen and oxygen atoms in total. The second-order valence-electron chi connectivity index (χ2n) is 4.86. The van der Waals surface area contributed by atoms with Gasteiger partial charge in [-0.25, -0.2) is 4.79 Å². The van der Waals surface area contributed by atoms with E-state index in [4.69, 9.17) is 4.74 Å². The zero-order chi connectivity index (χ0) is 11.5. The Hall–Kier alpha value is -0.830. The molecule has 0 aromatic heterocycles. The molecule has 0 spiro atoms. The monoisotopic (exact) mass is 223 g/mol. The summed E-state index contributed by atoms with van der Waals surface area (Å²) in [5, 5.41) is 0. The molecule has 1 heterocycles. The number of likely N-dealkylation sites (tertiary alicyclic amines) is 1. The summed E-state index contributed by atoms with van der Waals surface area (Å²) in [4.78, 5) is 13.9. The van der Waals surface area contributed by atoms with E-state index >= 15 is 0 Å². The molecule has 2 aliphatic rings. The molecule has 90 valence electrons. The molecule has 1 saturated carbocycles. The number of ether oxygens (including phenoxy) is 1. The average Bonchev–Trinajstić information content (AvgIpc) is 2.91. The lowest BCUT2D eigenvalue weighted by Crippen LogP contribution is -2.32. The first-order valence-electron chi connectivity index (χ1n) is 6.26. The number of hydrogen-bond acceptors (Lipinski definition) is 3. The Balaban J connectivity index is 1.89. The number of fused-ring (bicyclic) bond motifs is 2. The molecular weight excluding hydrogens is 202 g/mol. The lowest BCUT2D eigenvalue weighted by Gasteiger charge is -2.25. The highest BCUT2D eigenvalue weighted by Crippen LogP contribution is 2.37. The van der Waals surface area contributed by atoms with E-state index in [1.165, 1.54) is 32.9 Å². The SMILES string of the molecule is CCC(=CCN1CC2CCC1C2)C(=O)OC. The van der Waals surface area contributed by atoms with Crippen LogP contribution in [-0.2, 0) is 9.53 Å². The zero-order valence-electron chi connectivity index (χ0n) is 10.2. The molecular formula is C13H21NO2. The van der Waals surface area contributed by atoms with Gasteiger partial charge in [-0.15, -0.1) is 0 Å². The molecule has 0 radical (unpaired) electrons. The van der Waals surface area contributed by atoms with E-state index in [0.717, 1.165) is 30.5 Å². The van der Waals surface area contributed by atoms with Gasteiger partial charge in [0.25, 0.3) is 0 Å². The van der Waals surface area contributed by atoms with Gasteiger partial charge in [0, 0.05) is 24.7 Å². The summed E-state index contributed by atoms with van der Waals surface area (Å²) in [5.41, 5.74) is 0.810. The number of carbonyl (C=O) groups is 1. The van der Waals surface area contributed by atoms with E-state index in [0.29, 0.717) is 0 Å². The van der Waals surface area contributed by atoms with Crippen molar-refractivity contribution in [3.8, 4) is 0 Å². The number of hydrogen-bond donors (Lipinski definition) is 0. The van der Waals surface area contributed by atoms with Crippen molar-refractivity contribution in [2.75, 3.05) is 20.2 Å². The van der Waals surface area contributed by atoms with Gasteiger partial charge in [-0.2, -0.15) is 0 Å². The minimum absolute atomic E-state index is 0.174. The van der Waals surface area contributed by atoms with E-state index in [1.807, 2.05) is 13.0 Å². The largest absolute Gasteiger partial charge is 0.466 e. The minimum Gasteiger partial charge on any atom is -0.466 e. The van der Waals surface area contributed by atoms with Gasteiger partial charge in [0.15, 0.2) is 0 Å². The smallest absolute Gasteiger partial charge is 0.333 e. The third kappa shape index (κ3) is 2.29. The predicted octanol–water partition coefficient (Wildman–Crippen LogP) is 1.98. The van der Waals surface area contributed by atoms with Gasteiger partial charge in [0.2, 0.25) is 0 Å². The Labute approximate surface area is 97.5 Å². The topological polar surface area (TPSA) is 29.5 Å². The zero-order valence-corrected chi connectivity index (χ0v) is 10.2. The molecule has 2 unspecified atom stereocenters. The first-order valence-corrected chi connectivity index (χ1v) is 6.26. The molecule has 2 rings (SSSR count). The van der Waals surface area contributed by atoms with Crippen LogP contribution in [0.1, 0.15) is 32.6 Å².